The third-order valence-corrected chi connectivity index (χ3v) is 19.5. The van der Waals surface area contributed by atoms with E-state index in [0.717, 1.165) is 32.1 Å². The molecule has 0 amide bonds. The molecular weight excluding hydrogens is 929 g/mol. The van der Waals surface area contributed by atoms with Crippen LogP contribution in [0.4, 0.5) is 0 Å². The fourth-order valence-corrected chi connectivity index (χ4v) is 15.8. The van der Waals surface area contributed by atoms with E-state index in [4.69, 9.17) is 0 Å². The van der Waals surface area contributed by atoms with Gasteiger partial charge in [-0.1, -0.05) is 188 Å². The van der Waals surface area contributed by atoms with Gasteiger partial charge in [0.05, 0.1) is 0 Å². The molecule has 4 atom stereocenters. The Morgan fingerprint density at radius 2 is 1.09 bits per heavy atom. The lowest BCUT2D eigenvalue weighted by molar-refractivity contribution is 0.439. The topological polar surface area (TPSA) is 0 Å². The van der Waals surface area contributed by atoms with E-state index in [1.165, 1.54) is 119 Å². The van der Waals surface area contributed by atoms with Gasteiger partial charge < -0.3 is 0 Å². The van der Waals surface area contributed by atoms with Crippen molar-refractivity contribution in [1.82, 2.24) is 0 Å². The van der Waals surface area contributed by atoms with Crippen LogP contribution in [0.1, 0.15) is 66.4 Å². The summed E-state index contributed by atoms with van der Waals surface area (Å²) < 4.78 is 0. The predicted octanol–water partition coefficient (Wildman–Crippen LogP) is 20.8. The van der Waals surface area contributed by atoms with E-state index in [2.05, 4.69) is 231 Å². The molecule has 4 unspecified atom stereocenters. The van der Waals surface area contributed by atoms with Crippen LogP contribution < -0.4 is 0 Å². The summed E-state index contributed by atoms with van der Waals surface area (Å²) in [5.74, 6) is 1.66. The Kier molecular flexibility index (Phi) is 10.7. The van der Waals surface area contributed by atoms with Crippen LogP contribution in [0.3, 0.4) is 0 Å². The summed E-state index contributed by atoms with van der Waals surface area (Å²) in [4.78, 5) is 5.45. The summed E-state index contributed by atoms with van der Waals surface area (Å²) in [7, 11) is 0. The number of hydrogen-bond acceptors (Lipinski definition) is 2. The molecule has 2 aromatic heterocycles. The van der Waals surface area contributed by atoms with Gasteiger partial charge in [0.15, 0.2) is 0 Å². The van der Waals surface area contributed by atoms with Gasteiger partial charge in [0.25, 0.3) is 0 Å². The Morgan fingerprint density at radius 3 is 1.91 bits per heavy atom. The quantitative estimate of drug-likeness (QED) is 0.140. The summed E-state index contributed by atoms with van der Waals surface area (Å²) in [5.41, 5.74) is 17.1. The second-order valence-corrected chi connectivity index (χ2v) is 23.3. The molecule has 354 valence electrons. The first-order valence-electron chi connectivity index (χ1n) is 26.8. The molecule has 0 fully saturated rings. The van der Waals surface area contributed by atoms with E-state index in [1.807, 2.05) is 22.7 Å². The molecule has 15 rings (SSSR count). The number of thiophene rings is 2. The number of fused-ring (bicyclic) bond motifs is 7. The van der Waals surface area contributed by atoms with Crippen molar-refractivity contribution in [3.8, 4) is 42.4 Å². The summed E-state index contributed by atoms with van der Waals surface area (Å²) >= 11 is 3.92. The third kappa shape index (κ3) is 7.37. The molecule has 0 saturated heterocycles. The van der Waals surface area contributed by atoms with Crippen molar-refractivity contribution in [3.63, 3.8) is 0 Å². The predicted molar refractivity (Wildman–Crippen MR) is 319 cm³/mol. The van der Waals surface area contributed by atoms with Crippen molar-refractivity contribution in [2.24, 2.45) is 11.8 Å². The molecule has 0 aliphatic heterocycles. The first-order chi connectivity index (χ1) is 36.7. The number of rotatable bonds is 7. The van der Waals surface area contributed by atoms with Crippen molar-refractivity contribution in [2.45, 2.75) is 50.4 Å². The molecule has 0 nitrogen and oxygen atoms in total. The van der Waals surface area contributed by atoms with Crippen LogP contribution in [0.5, 0.6) is 0 Å². The highest BCUT2D eigenvalue weighted by molar-refractivity contribution is 7.24. The van der Waals surface area contributed by atoms with E-state index in [9.17, 15) is 0 Å². The van der Waals surface area contributed by atoms with Gasteiger partial charge in [-0.2, -0.15) is 0 Å². The lowest BCUT2D eigenvalue weighted by atomic mass is 9.59. The molecule has 0 N–H and O–H groups in total. The maximum absolute atomic E-state index is 2.67. The second kappa shape index (κ2) is 18.1. The Morgan fingerprint density at radius 1 is 0.446 bits per heavy atom. The Labute approximate surface area is 442 Å². The summed E-state index contributed by atoms with van der Waals surface area (Å²) in [5, 5.41) is 10.2. The maximum atomic E-state index is 2.67. The summed E-state index contributed by atoms with van der Waals surface area (Å²) in [6.07, 6.45) is 29.3. The number of benzene rings is 8. The van der Waals surface area contributed by atoms with Gasteiger partial charge in [0, 0.05) is 37.3 Å². The highest BCUT2D eigenvalue weighted by Crippen LogP contribution is 2.56. The number of allylic oxidation sites excluding steroid dienone is 13. The van der Waals surface area contributed by atoms with Crippen LogP contribution in [0, 0.1) is 11.8 Å². The fraction of sp³-hybridized carbons (Fsp3) is 0.139. The normalized spacial score (nSPS) is 20.1. The fourth-order valence-electron chi connectivity index (χ4n) is 13.6. The van der Waals surface area contributed by atoms with Gasteiger partial charge >= 0.3 is 0 Å². The van der Waals surface area contributed by atoms with E-state index in [1.54, 1.807) is 16.7 Å². The van der Waals surface area contributed by atoms with Gasteiger partial charge in [0.1, 0.15) is 0 Å². The van der Waals surface area contributed by atoms with Crippen molar-refractivity contribution >= 4 is 71.8 Å². The Balaban J connectivity index is 0.787. The van der Waals surface area contributed by atoms with E-state index in [-0.39, 0.29) is 0 Å². The first kappa shape index (κ1) is 43.9. The van der Waals surface area contributed by atoms with Gasteiger partial charge in [-0.25, -0.2) is 0 Å². The lowest BCUT2D eigenvalue weighted by Gasteiger charge is -2.44. The van der Waals surface area contributed by atoms with Crippen LogP contribution in [-0.4, -0.2) is 0 Å². The Bertz CT molecular complexity index is 4170. The van der Waals surface area contributed by atoms with Gasteiger partial charge in [-0.15, -0.1) is 22.7 Å². The van der Waals surface area contributed by atoms with Crippen LogP contribution in [0.15, 0.2) is 252 Å². The molecule has 10 aromatic rings. The first-order valence-corrected chi connectivity index (χ1v) is 28.4. The zero-order valence-corrected chi connectivity index (χ0v) is 42.9. The molecule has 74 heavy (non-hydrogen) atoms. The minimum Gasteiger partial charge on any atom is -0.139 e. The molecular formula is C72H54S2. The summed E-state index contributed by atoms with van der Waals surface area (Å²) in [6.45, 7) is 0. The largest absolute Gasteiger partial charge is 0.139 e. The van der Waals surface area contributed by atoms with Gasteiger partial charge in [0.2, 0.25) is 0 Å². The molecule has 0 radical (unpaired) electrons. The van der Waals surface area contributed by atoms with Gasteiger partial charge in [-0.3, -0.25) is 0 Å². The number of hydrogen-bond donors (Lipinski definition) is 0. The van der Waals surface area contributed by atoms with Crippen LogP contribution in [0.2, 0.25) is 0 Å². The minimum absolute atomic E-state index is 0.369. The molecule has 8 aromatic carbocycles. The maximum Gasteiger partial charge on any atom is 0.0449 e. The zero-order chi connectivity index (χ0) is 48.7. The van der Waals surface area contributed by atoms with Crippen molar-refractivity contribution in [2.75, 3.05) is 0 Å². The zero-order valence-electron chi connectivity index (χ0n) is 41.3. The average molecular weight is 983 g/mol. The third-order valence-electron chi connectivity index (χ3n) is 16.9. The van der Waals surface area contributed by atoms with Crippen LogP contribution in [0.25, 0.3) is 91.6 Å². The Hall–Kier alpha value is -7.62. The molecule has 0 saturated carbocycles. The molecule has 5 aliphatic carbocycles. The smallest absolute Gasteiger partial charge is 0.0449 e. The van der Waals surface area contributed by atoms with E-state index in [0.29, 0.717) is 23.7 Å². The van der Waals surface area contributed by atoms with Crippen LogP contribution in [-0.2, 0) is 0 Å². The molecule has 5 aliphatic rings. The van der Waals surface area contributed by atoms with Gasteiger partial charge in [-0.05, 0) is 197 Å². The van der Waals surface area contributed by atoms with E-state index >= 15 is 0 Å². The molecule has 2 heteroatoms. The highest BCUT2D eigenvalue weighted by atomic mass is 32.1. The average Bonchev–Trinajstić information content (AvgIpc) is 4.18. The van der Waals surface area contributed by atoms with E-state index < -0.39 is 0 Å². The van der Waals surface area contributed by atoms with Crippen molar-refractivity contribution in [3.05, 3.63) is 268 Å². The summed E-state index contributed by atoms with van der Waals surface area (Å²) in [6, 6.07) is 66.4. The second-order valence-electron chi connectivity index (χ2n) is 21.1. The van der Waals surface area contributed by atoms with Crippen molar-refractivity contribution < 1.29 is 0 Å². The van der Waals surface area contributed by atoms with Crippen LogP contribution >= 0.6 is 22.7 Å². The minimum atomic E-state index is 0.369. The monoisotopic (exact) mass is 982 g/mol. The molecule has 0 spiro atoms. The van der Waals surface area contributed by atoms with Crippen molar-refractivity contribution in [1.29, 1.82) is 0 Å². The lowest BCUT2D eigenvalue weighted by Crippen LogP contribution is -2.32. The highest BCUT2D eigenvalue weighted by Gasteiger charge is 2.42. The molecule has 0 bridgehead atoms. The molecule has 2 heterocycles. The standard InChI is InChI=1S/C72H54S2/c1-3-18-48-41-53(33-31-45(48)15-1)70-57-24-7-8-25-58(57)71(54-34-32-46-16-2-4-19-49(46)42-54)64-44-51(35-36-63(64)70)66-38-40-68(74-66)67-39-37-65(73-67)50-21-13-22-52(43-50)69-59-26-9-11-28-61(59)72(62-29-12-10-27-60(62)69)56-30-14-20-47-17-5-6-23-55(47)56/h1-8,11,13-20,22-25,27-29,31-44,50,56,59,69H,9-10,12,21,26,30H2. The SMILES string of the molecule is C1=CC2=C(C3CC=Cc4ccccc43)C3=CCCC=C3C(C3=CC(c4ccc(-c5ccc(-c6ccc7c(-c8ccc9ccccc9c8)c8ccccc8c(-c8ccc9ccccc9c8)c7c6)s5)s4)CC=C3)C2CC1.